The first kappa shape index (κ1) is 12.0. The Hall–Kier alpha value is -1.48. The first-order valence-electron chi connectivity index (χ1n) is 6.16. The Kier molecular flexibility index (Phi) is 3.38. The van der Waals surface area contributed by atoms with Crippen molar-refractivity contribution in [3.05, 3.63) is 30.0 Å². The standard InChI is InChI=1S/C14H20N2O/c1-4-16-9-11(8-15-10(2)3)13-6-5-12(17)7-14(13)16/h5-7,9-10,15,17H,4,8H2,1-3H3. The van der Waals surface area contributed by atoms with Crippen LogP contribution in [0.15, 0.2) is 24.4 Å². The van der Waals surface area contributed by atoms with E-state index in [1.807, 2.05) is 12.1 Å². The lowest BCUT2D eigenvalue weighted by atomic mass is 10.1. The van der Waals surface area contributed by atoms with E-state index >= 15 is 0 Å². The number of phenols is 1. The van der Waals surface area contributed by atoms with Crippen molar-refractivity contribution < 1.29 is 5.11 Å². The topological polar surface area (TPSA) is 37.2 Å². The lowest BCUT2D eigenvalue weighted by Crippen LogP contribution is -2.21. The van der Waals surface area contributed by atoms with Crippen molar-refractivity contribution in [2.45, 2.75) is 39.9 Å². The van der Waals surface area contributed by atoms with Crippen molar-refractivity contribution in [2.24, 2.45) is 0 Å². The summed E-state index contributed by atoms with van der Waals surface area (Å²) in [5.41, 5.74) is 2.39. The smallest absolute Gasteiger partial charge is 0.117 e. The van der Waals surface area contributed by atoms with Crippen LogP contribution in [0.5, 0.6) is 5.75 Å². The van der Waals surface area contributed by atoms with Gasteiger partial charge in [-0.25, -0.2) is 0 Å². The van der Waals surface area contributed by atoms with Crippen molar-refractivity contribution >= 4 is 10.9 Å². The van der Waals surface area contributed by atoms with Gasteiger partial charge in [0.2, 0.25) is 0 Å². The van der Waals surface area contributed by atoms with E-state index in [1.54, 1.807) is 6.07 Å². The molecular formula is C14H20N2O. The molecular weight excluding hydrogens is 212 g/mol. The minimum absolute atomic E-state index is 0.327. The van der Waals surface area contributed by atoms with Crippen LogP contribution in [0.2, 0.25) is 0 Å². The summed E-state index contributed by atoms with van der Waals surface area (Å²) in [6.45, 7) is 8.19. The molecule has 0 spiro atoms. The van der Waals surface area contributed by atoms with Crippen molar-refractivity contribution in [1.82, 2.24) is 9.88 Å². The largest absolute Gasteiger partial charge is 0.508 e. The van der Waals surface area contributed by atoms with Crippen molar-refractivity contribution in [3.63, 3.8) is 0 Å². The van der Waals surface area contributed by atoms with E-state index in [2.05, 4.69) is 36.9 Å². The number of hydrogen-bond donors (Lipinski definition) is 2. The molecule has 2 N–H and O–H groups in total. The molecule has 3 nitrogen and oxygen atoms in total. The third-order valence-corrected chi connectivity index (χ3v) is 2.99. The van der Waals surface area contributed by atoms with Gasteiger partial charge in [0, 0.05) is 36.8 Å². The van der Waals surface area contributed by atoms with Crippen LogP contribution in [-0.2, 0) is 13.1 Å². The third-order valence-electron chi connectivity index (χ3n) is 2.99. The fraction of sp³-hybridized carbons (Fsp3) is 0.429. The average Bonchev–Trinajstić information content (AvgIpc) is 2.63. The predicted molar refractivity (Wildman–Crippen MR) is 71.3 cm³/mol. The normalized spacial score (nSPS) is 11.5. The molecule has 92 valence electrons. The summed E-state index contributed by atoms with van der Waals surface area (Å²) in [6.07, 6.45) is 2.17. The van der Waals surface area contributed by atoms with Crippen LogP contribution < -0.4 is 5.32 Å². The number of fused-ring (bicyclic) bond motifs is 1. The molecule has 1 aromatic heterocycles. The van der Waals surface area contributed by atoms with E-state index in [0.29, 0.717) is 11.8 Å². The van der Waals surface area contributed by atoms with Gasteiger partial charge in [0.15, 0.2) is 0 Å². The second-order valence-corrected chi connectivity index (χ2v) is 4.68. The number of nitrogens with one attached hydrogen (secondary N) is 1. The summed E-state index contributed by atoms with van der Waals surface area (Å²) in [4.78, 5) is 0. The van der Waals surface area contributed by atoms with E-state index < -0.39 is 0 Å². The number of aromatic hydroxyl groups is 1. The fourth-order valence-electron chi connectivity index (χ4n) is 2.07. The maximum Gasteiger partial charge on any atom is 0.117 e. The summed E-state index contributed by atoms with van der Waals surface area (Å²) in [5, 5.41) is 14.2. The number of rotatable bonds is 4. The molecule has 2 aromatic rings. The van der Waals surface area contributed by atoms with Crippen LogP contribution in [0.3, 0.4) is 0 Å². The summed E-state index contributed by atoms with van der Waals surface area (Å²) >= 11 is 0. The summed E-state index contributed by atoms with van der Waals surface area (Å²) in [6, 6.07) is 6.06. The molecule has 0 bridgehead atoms. The zero-order valence-corrected chi connectivity index (χ0v) is 10.7. The average molecular weight is 232 g/mol. The lowest BCUT2D eigenvalue weighted by molar-refractivity contribution is 0.476. The number of benzene rings is 1. The van der Waals surface area contributed by atoms with Gasteiger partial charge in [-0.3, -0.25) is 0 Å². The molecule has 3 heteroatoms. The van der Waals surface area contributed by atoms with Crippen LogP contribution in [0.25, 0.3) is 10.9 Å². The molecule has 0 radical (unpaired) electrons. The number of nitrogens with zero attached hydrogens (tertiary/aromatic N) is 1. The molecule has 1 aromatic carbocycles. The van der Waals surface area contributed by atoms with Gasteiger partial charge >= 0.3 is 0 Å². The Morgan fingerprint density at radius 1 is 1.35 bits per heavy atom. The number of hydrogen-bond acceptors (Lipinski definition) is 2. The maximum absolute atomic E-state index is 9.55. The van der Waals surface area contributed by atoms with Gasteiger partial charge in [0.1, 0.15) is 5.75 Å². The molecule has 0 aliphatic heterocycles. The zero-order valence-electron chi connectivity index (χ0n) is 10.7. The van der Waals surface area contributed by atoms with E-state index in [-0.39, 0.29) is 0 Å². The Morgan fingerprint density at radius 2 is 2.12 bits per heavy atom. The molecule has 2 rings (SSSR count). The van der Waals surface area contributed by atoms with E-state index in [4.69, 9.17) is 0 Å². The molecule has 0 amide bonds. The molecule has 0 saturated carbocycles. The van der Waals surface area contributed by atoms with E-state index in [1.165, 1.54) is 10.9 Å². The zero-order chi connectivity index (χ0) is 12.4. The molecule has 17 heavy (non-hydrogen) atoms. The van der Waals surface area contributed by atoms with E-state index in [0.717, 1.165) is 18.6 Å². The van der Waals surface area contributed by atoms with Crippen LogP contribution in [0.4, 0.5) is 0 Å². The first-order valence-corrected chi connectivity index (χ1v) is 6.16. The molecule has 1 heterocycles. The Balaban J connectivity index is 2.42. The minimum Gasteiger partial charge on any atom is -0.508 e. The second kappa shape index (κ2) is 4.80. The first-order chi connectivity index (χ1) is 8.11. The van der Waals surface area contributed by atoms with Crippen LogP contribution in [0, 0.1) is 0 Å². The van der Waals surface area contributed by atoms with Crippen molar-refractivity contribution in [2.75, 3.05) is 0 Å². The molecule has 0 unspecified atom stereocenters. The van der Waals surface area contributed by atoms with Gasteiger partial charge in [-0.1, -0.05) is 13.8 Å². The van der Waals surface area contributed by atoms with Crippen molar-refractivity contribution in [3.8, 4) is 5.75 Å². The van der Waals surface area contributed by atoms with Gasteiger partial charge in [0.25, 0.3) is 0 Å². The third kappa shape index (κ3) is 2.44. The van der Waals surface area contributed by atoms with Crippen LogP contribution in [-0.4, -0.2) is 15.7 Å². The highest BCUT2D eigenvalue weighted by Crippen LogP contribution is 2.25. The summed E-state index contributed by atoms with van der Waals surface area (Å²) in [5.74, 6) is 0.327. The summed E-state index contributed by atoms with van der Waals surface area (Å²) < 4.78 is 2.17. The highest BCUT2D eigenvalue weighted by molar-refractivity contribution is 5.85. The monoisotopic (exact) mass is 232 g/mol. The highest BCUT2D eigenvalue weighted by atomic mass is 16.3. The number of phenolic OH excluding ortho intramolecular Hbond substituents is 1. The molecule has 0 atom stereocenters. The molecule has 0 aliphatic rings. The van der Waals surface area contributed by atoms with Gasteiger partial charge < -0.3 is 15.0 Å². The Labute approximate surface area is 102 Å². The van der Waals surface area contributed by atoms with Crippen LogP contribution >= 0.6 is 0 Å². The van der Waals surface area contributed by atoms with Gasteiger partial charge in [-0.05, 0) is 24.6 Å². The maximum atomic E-state index is 9.55. The molecule has 0 aliphatic carbocycles. The predicted octanol–water partition coefficient (Wildman–Crippen LogP) is 2.86. The highest BCUT2D eigenvalue weighted by Gasteiger charge is 2.08. The summed E-state index contributed by atoms with van der Waals surface area (Å²) in [7, 11) is 0. The number of aryl methyl sites for hydroxylation is 1. The van der Waals surface area contributed by atoms with Crippen molar-refractivity contribution in [1.29, 1.82) is 0 Å². The quantitative estimate of drug-likeness (QED) is 0.850. The second-order valence-electron chi connectivity index (χ2n) is 4.68. The molecule has 0 fully saturated rings. The van der Waals surface area contributed by atoms with Gasteiger partial charge in [0.05, 0.1) is 5.52 Å². The Morgan fingerprint density at radius 3 is 2.76 bits per heavy atom. The van der Waals surface area contributed by atoms with E-state index in [9.17, 15) is 5.11 Å². The van der Waals surface area contributed by atoms with Gasteiger partial charge in [-0.15, -0.1) is 0 Å². The minimum atomic E-state index is 0.327. The Bertz CT molecular complexity index is 514. The van der Waals surface area contributed by atoms with Gasteiger partial charge in [-0.2, -0.15) is 0 Å². The van der Waals surface area contributed by atoms with Crippen LogP contribution in [0.1, 0.15) is 26.3 Å². The lowest BCUT2D eigenvalue weighted by Gasteiger charge is -2.06. The number of aromatic nitrogens is 1. The molecule has 0 saturated heterocycles. The SMILES string of the molecule is CCn1cc(CNC(C)C)c2ccc(O)cc21. The fourth-order valence-corrected chi connectivity index (χ4v) is 2.07.